The van der Waals surface area contributed by atoms with Crippen LogP contribution in [0, 0.1) is 18.7 Å². The van der Waals surface area contributed by atoms with Crippen LogP contribution in [0.1, 0.15) is 36.3 Å². The van der Waals surface area contributed by atoms with Crippen molar-refractivity contribution >= 4 is 5.52 Å². The summed E-state index contributed by atoms with van der Waals surface area (Å²) in [5.41, 5.74) is 2.12. The molecule has 0 aliphatic heterocycles. The summed E-state index contributed by atoms with van der Waals surface area (Å²) in [7, 11) is 0. The van der Waals surface area contributed by atoms with Gasteiger partial charge in [-0.3, -0.25) is 9.20 Å². The molecule has 0 radical (unpaired) electrons. The molecule has 0 N–H and O–H groups in total. The molecular formula is C18H18FN3O. The van der Waals surface area contributed by atoms with Crippen LogP contribution in [0.5, 0.6) is 0 Å². The first-order valence-corrected chi connectivity index (χ1v) is 7.86. The molecule has 0 saturated heterocycles. The van der Waals surface area contributed by atoms with E-state index < -0.39 is 0 Å². The number of fused-ring (bicyclic) bond motifs is 1. The molecule has 5 heteroatoms. The van der Waals surface area contributed by atoms with Gasteiger partial charge in [0.2, 0.25) is 0 Å². The fourth-order valence-electron chi connectivity index (χ4n) is 3.19. The molecule has 1 fully saturated rings. The zero-order valence-electron chi connectivity index (χ0n) is 13.2. The van der Waals surface area contributed by atoms with E-state index in [0.717, 1.165) is 23.5 Å². The van der Waals surface area contributed by atoms with Crippen LogP contribution in [0.2, 0.25) is 0 Å². The van der Waals surface area contributed by atoms with E-state index in [4.69, 9.17) is 0 Å². The van der Waals surface area contributed by atoms with Gasteiger partial charge in [0.05, 0.1) is 12.7 Å². The average molecular weight is 311 g/mol. The normalized spacial score (nSPS) is 20.1. The maximum absolute atomic E-state index is 13.4. The van der Waals surface area contributed by atoms with Gasteiger partial charge in [0, 0.05) is 17.8 Å². The van der Waals surface area contributed by atoms with Crippen molar-refractivity contribution in [1.82, 2.24) is 14.0 Å². The number of hydrogen-bond acceptors (Lipinski definition) is 2. The second kappa shape index (κ2) is 5.05. The summed E-state index contributed by atoms with van der Waals surface area (Å²) in [5, 5.41) is 0. The molecule has 4 rings (SSSR count). The zero-order chi connectivity index (χ0) is 16.1. The molecule has 1 saturated carbocycles. The van der Waals surface area contributed by atoms with Crippen LogP contribution in [-0.2, 0) is 6.54 Å². The van der Waals surface area contributed by atoms with Crippen LogP contribution in [-0.4, -0.2) is 14.0 Å². The summed E-state index contributed by atoms with van der Waals surface area (Å²) in [6.45, 7) is 4.46. The highest BCUT2D eigenvalue weighted by molar-refractivity contribution is 5.46. The van der Waals surface area contributed by atoms with Crippen molar-refractivity contribution in [3.8, 4) is 0 Å². The second-order valence-corrected chi connectivity index (χ2v) is 6.48. The van der Waals surface area contributed by atoms with Gasteiger partial charge in [0.1, 0.15) is 17.2 Å². The lowest BCUT2D eigenvalue weighted by Gasteiger charge is -2.12. The van der Waals surface area contributed by atoms with Crippen molar-refractivity contribution in [2.75, 3.05) is 0 Å². The lowest BCUT2D eigenvalue weighted by atomic mass is 10.2. The molecule has 4 nitrogen and oxygen atoms in total. The Kier molecular flexibility index (Phi) is 3.11. The minimum absolute atomic E-state index is 0.0821. The minimum Gasteiger partial charge on any atom is -0.305 e. The quantitative estimate of drug-likeness (QED) is 0.745. The summed E-state index contributed by atoms with van der Waals surface area (Å²) in [4.78, 5) is 17.2. The highest BCUT2D eigenvalue weighted by Crippen LogP contribution is 2.46. The first-order chi connectivity index (χ1) is 11.0. The van der Waals surface area contributed by atoms with E-state index in [1.54, 1.807) is 16.8 Å². The van der Waals surface area contributed by atoms with E-state index in [0.29, 0.717) is 23.9 Å². The smallest absolute Gasteiger partial charge is 0.276 e. The molecule has 0 bridgehead atoms. The molecule has 1 aliphatic carbocycles. The molecule has 118 valence electrons. The molecule has 2 atom stereocenters. The predicted molar refractivity (Wildman–Crippen MR) is 86.2 cm³/mol. The van der Waals surface area contributed by atoms with Crippen molar-refractivity contribution in [2.45, 2.75) is 32.7 Å². The largest absolute Gasteiger partial charge is 0.305 e. The van der Waals surface area contributed by atoms with E-state index >= 15 is 0 Å². The predicted octanol–water partition coefficient (Wildman–Crippen LogP) is 3.12. The van der Waals surface area contributed by atoms with Crippen LogP contribution in [0.3, 0.4) is 0 Å². The molecular weight excluding hydrogens is 293 g/mol. The fraction of sp³-hybridized carbons (Fsp3) is 0.333. The Labute approximate surface area is 133 Å². The number of rotatable bonds is 3. The highest BCUT2D eigenvalue weighted by atomic mass is 19.1. The van der Waals surface area contributed by atoms with Gasteiger partial charge < -0.3 is 4.57 Å². The third-order valence-electron chi connectivity index (χ3n) is 4.70. The first kappa shape index (κ1) is 14.2. The fourth-order valence-corrected chi connectivity index (χ4v) is 3.19. The van der Waals surface area contributed by atoms with Gasteiger partial charge in [-0.05, 0) is 37.0 Å². The van der Waals surface area contributed by atoms with Crippen LogP contribution < -0.4 is 5.56 Å². The number of imidazole rings is 1. The lowest BCUT2D eigenvalue weighted by molar-refractivity contribution is 0.621. The SMILES string of the molecule is Cc1cn2c([C@H]3C[C@H]3C)ncc2c(=O)n1Cc1cccc(F)c1. The summed E-state index contributed by atoms with van der Waals surface area (Å²) >= 11 is 0. The Morgan fingerprint density at radius 1 is 1.39 bits per heavy atom. The van der Waals surface area contributed by atoms with Gasteiger partial charge in [-0.15, -0.1) is 0 Å². The van der Waals surface area contributed by atoms with Crippen LogP contribution >= 0.6 is 0 Å². The third-order valence-corrected chi connectivity index (χ3v) is 4.70. The van der Waals surface area contributed by atoms with Crippen molar-refractivity contribution in [1.29, 1.82) is 0 Å². The van der Waals surface area contributed by atoms with E-state index in [-0.39, 0.29) is 11.4 Å². The maximum atomic E-state index is 13.4. The van der Waals surface area contributed by atoms with Gasteiger partial charge in [-0.2, -0.15) is 0 Å². The molecule has 2 heterocycles. The molecule has 0 spiro atoms. The number of halogens is 1. The highest BCUT2D eigenvalue weighted by Gasteiger charge is 2.37. The number of aryl methyl sites for hydroxylation is 1. The van der Waals surface area contributed by atoms with Crippen LogP contribution in [0.4, 0.5) is 4.39 Å². The van der Waals surface area contributed by atoms with Gasteiger partial charge in [0.25, 0.3) is 5.56 Å². The lowest BCUT2D eigenvalue weighted by Crippen LogP contribution is -2.25. The van der Waals surface area contributed by atoms with Crippen LogP contribution in [0.25, 0.3) is 5.52 Å². The molecule has 1 aliphatic rings. The van der Waals surface area contributed by atoms with E-state index in [9.17, 15) is 9.18 Å². The summed E-state index contributed by atoms with van der Waals surface area (Å²) in [6.07, 6.45) is 4.75. The number of aromatic nitrogens is 3. The first-order valence-electron chi connectivity index (χ1n) is 7.86. The van der Waals surface area contributed by atoms with Gasteiger partial charge >= 0.3 is 0 Å². The van der Waals surface area contributed by atoms with E-state index in [2.05, 4.69) is 11.9 Å². The van der Waals surface area contributed by atoms with E-state index in [1.165, 1.54) is 12.1 Å². The average Bonchev–Trinajstić information content (AvgIpc) is 3.07. The Hall–Kier alpha value is -2.43. The minimum atomic E-state index is -0.288. The van der Waals surface area contributed by atoms with Crippen molar-refractivity contribution in [3.63, 3.8) is 0 Å². The number of nitrogens with zero attached hydrogens (tertiary/aromatic N) is 3. The number of benzene rings is 1. The second-order valence-electron chi connectivity index (χ2n) is 6.48. The molecule has 3 aromatic rings. The Morgan fingerprint density at radius 2 is 2.17 bits per heavy atom. The van der Waals surface area contributed by atoms with E-state index in [1.807, 2.05) is 23.6 Å². The van der Waals surface area contributed by atoms with Gasteiger partial charge in [-0.1, -0.05) is 19.1 Å². The maximum Gasteiger partial charge on any atom is 0.276 e. The van der Waals surface area contributed by atoms with Crippen LogP contribution in [0.15, 0.2) is 41.5 Å². The van der Waals surface area contributed by atoms with Crippen molar-refractivity contribution in [2.24, 2.45) is 5.92 Å². The molecule has 2 aromatic heterocycles. The summed E-state index contributed by atoms with van der Waals surface area (Å²) < 4.78 is 17.0. The monoisotopic (exact) mass is 311 g/mol. The standard InChI is InChI=1S/C18H18FN3O/c1-11-6-15(11)17-20-8-16-18(23)21(12(2)9-22(16)17)10-13-4-3-5-14(19)7-13/h3-5,7-9,11,15H,6,10H2,1-2H3/t11-,15+/m1/s1. The summed E-state index contributed by atoms with van der Waals surface area (Å²) in [6, 6.07) is 6.36. The molecule has 0 amide bonds. The Balaban J connectivity index is 1.80. The van der Waals surface area contributed by atoms with Crippen molar-refractivity contribution in [3.05, 3.63) is 69.9 Å². The zero-order valence-corrected chi connectivity index (χ0v) is 13.2. The number of hydrogen-bond donors (Lipinski definition) is 0. The topological polar surface area (TPSA) is 39.3 Å². The van der Waals surface area contributed by atoms with Gasteiger partial charge in [-0.25, -0.2) is 9.37 Å². The summed E-state index contributed by atoms with van der Waals surface area (Å²) in [5.74, 6) is 1.78. The molecule has 23 heavy (non-hydrogen) atoms. The molecule has 0 unspecified atom stereocenters. The Bertz CT molecular complexity index is 957. The third kappa shape index (κ3) is 2.36. The van der Waals surface area contributed by atoms with Crippen molar-refractivity contribution < 1.29 is 4.39 Å². The molecule has 1 aromatic carbocycles. The Morgan fingerprint density at radius 3 is 2.87 bits per heavy atom. The van der Waals surface area contributed by atoms with Gasteiger partial charge in [0.15, 0.2) is 0 Å².